The number of aliphatic hydroxyl groups is 1. The largest absolute Gasteiger partial charge is 0.472 e. The molecule has 3 heteroatoms. The lowest BCUT2D eigenvalue weighted by molar-refractivity contribution is -0.130. The van der Waals surface area contributed by atoms with Crippen LogP contribution >= 0.6 is 0 Å². The van der Waals surface area contributed by atoms with Crippen LogP contribution < -0.4 is 0 Å². The van der Waals surface area contributed by atoms with Gasteiger partial charge in [0.2, 0.25) is 0 Å². The fourth-order valence-corrected chi connectivity index (χ4v) is 3.74. The van der Waals surface area contributed by atoms with Crippen LogP contribution in [0.2, 0.25) is 0 Å². The molecule has 0 saturated carbocycles. The number of rotatable bonds is 21. The highest BCUT2D eigenvalue weighted by molar-refractivity contribution is 5.86. The van der Waals surface area contributed by atoms with Gasteiger partial charge in [0.25, 0.3) is 0 Å². The van der Waals surface area contributed by atoms with Gasteiger partial charge >= 0.3 is 5.97 Å². The van der Waals surface area contributed by atoms with Crippen LogP contribution in [0.3, 0.4) is 0 Å². The van der Waals surface area contributed by atoms with E-state index in [0.29, 0.717) is 0 Å². The second-order valence-electron chi connectivity index (χ2n) is 9.16. The number of hydrogen-bond donors (Lipinski definition) is 2. The molecule has 0 unspecified atom stereocenters. The van der Waals surface area contributed by atoms with Crippen LogP contribution in [0.1, 0.15) is 122 Å². The number of carboxylic acid groups (broad SMARTS) is 1. The van der Waals surface area contributed by atoms with Gasteiger partial charge in [-0.2, -0.15) is 0 Å². The number of terminal acetylenes is 1. The van der Waals surface area contributed by atoms with Crippen molar-refractivity contribution in [2.75, 3.05) is 0 Å². The highest BCUT2D eigenvalue weighted by Gasteiger charge is 1.93. The Labute approximate surface area is 221 Å². The second-order valence-corrected chi connectivity index (χ2v) is 9.16. The summed E-state index contributed by atoms with van der Waals surface area (Å²) in [6, 6.07) is 0. The summed E-state index contributed by atoms with van der Waals surface area (Å²) >= 11 is 0. The Balaban J connectivity index is 3.31. The number of unbranched alkanes of at least 4 members (excludes halogenated alkanes) is 17. The smallest absolute Gasteiger partial charge is 0.382 e. The van der Waals surface area contributed by atoms with E-state index in [1.54, 1.807) is 12.2 Å². The Morgan fingerprint density at radius 3 is 1.61 bits per heavy atom. The highest BCUT2D eigenvalue weighted by atomic mass is 16.4. The van der Waals surface area contributed by atoms with Gasteiger partial charge in [0.05, 0.1) is 0 Å². The van der Waals surface area contributed by atoms with E-state index in [1.165, 1.54) is 83.5 Å². The van der Waals surface area contributed by atoms with Gasteiger partial charge in [-0.25, -0.2) is 4.79 Å². The normalized spacial score (nSPS) is 11.8. The first-order valence-electron chi connectivity index (χ1n) is 14.0. The topological polar surface area (TPSA) is 57.5 Å². The minimum atomic E-state index is -1.08. The number of carbonyl (C=O) groups is 1. The number of hydrogen-bond acceptors (Lipinski definition) is 2. The molecular formula is C33H48O3. The summed E-state index contributed by atoms with van der Waals surface area (Å²) in [6.07, 6.45) is 38.9. The van der Waals surface area contributed by atoms with Gasteiger partial charge in [-0.05, 0) is 63.2 Å². The standard InChI is InChI=1S/C33H48O3/c1-2-32(34)30-28-26-24-22-20-18-16-14-12-10-8-6-4-3-5-7-9-11-13-15-17-19-21-23-25-27-29-31-33(35)36/h1,6,8,25,27-28,30,32,34H,3-5,7,9,11,13-24,26H2,(H,35,36)/b8-6-,27-25-,30-28+/t32-/m0/s1. The van der Waals surface area contributed by atoms with Crippen LogP contribution in [0.25, 0.3) is 0 Å². The molecule has 0 amide bonds. The molecule has 0 heterocycles. The molecule has 0 bridgehead atoms. The summed E-state index contributed by atoms with van der Waals surface area (Å²) in [5.41, 5.74) is 0. The third-order valence-electron chi connectivity index (χ3n) is 5.84. The van der Waals surface area contributed by atoms with Crippen molar-refractivity contribution in [3.63, 3.8) is 0 Å². The molecule has 3 nitrogen and oxygen atoms in total. The number of aliphatic hydroxyl groups excluding tert-OH is 1. The van der Waals surface area contributed by atoms with Gasteiger partial charge in [-0.15, -0.1) is 6.42 Å². The molecule has 0 saturated heterocycles. The molecule has 0 aliphatic heterocycles. The fraction of sp³-hybridized carbons (Fsp3) is 0.606. The number of allylic oxidation sites excluding steroid dienone is 5. The minimum absolute atomic E-state index is 0.739. The van der Waals surface area contributed by atoms with Crippen molar-refractivity contribution in [2.24, 2.45) is 0 Å². The molecule has 0 spiro atoms. The Morgan fingerprint density at radius 1 is 0.667 bits per heavy atom. The summed E-state index contributed by atoms with van der Waals surface area (Å²) in [5, 5.41) is 17.6. The molecule has 0 aromatic carbocycles. The van der Waals surface area contributed by atoms with E-state index < -0.39 is 12.1 Å². The van der Waals surface area contributed by atoms with Crippen molar-refractivity contribution < 1.29 is 15.0 Å². The SMILES string of the molecule is C#C[C@H](O)/C=C/CCCCCCCC#C/C=C\CCCCCCCCCCCC/C=C\C#CC(=O)O. The average molecular weight is 493 g/mol. The zero-order chi connectivity index (χ0) is 26.4. The Morgan fingerprint density at radius 2 is 1.11 bits per heavy atom. The lowest BCUT2D eigenvalue weighted by Crippen LogP contribution is -1.95. The van der Waals surface area contributed by atoms with Crippen LogP contribution in [-0.2, 0) is 4.79 Å². The Hall–Kier alpha value is -2.67. The van der Waals surface area contributed by atoms with E-state index in [1.807, 2.05) is 18.2 Å². The molecular weight excluding hydrogens is 444 g/mol. The van der Waals surface area contributed by atoms with E-state index in [0.717, 1.165) is 38.5 Å². The first kappa shape index (κ1) is 33.3. The van der Waals surface area contributed by atoms with Gasteiger partial charge in [-0.1, -0.05) is 113 Å². The van der Waals surface area contributed by atoms with Gasteiger partial charge < -0.3 is 10.2 Å². The maximum atomic E-state index is 10.2. The molecule has 0 fully saturated rings. The zero-order valence-electron chi connectivity index (χ0n) is 22.4. The van der Waals surface area contributed by atoms with Crippen LogP contribution in [-0.4, -0.2) is 22.3 Å². The average Bonchev–Trinajstić information content (AvgIpc) is 2.87. The molecule has 36 heavy (non-hydrogen) atoms. The van der Waals surface area contributed by atoms with Gasteiger partial charge in [-0.3, -0.25) is 0 Å². The predicted octanol–water partition coefficient (Wildman–Crippen LogP) is 8.15. The van der Waals surface area contributed by atoms with Gasteiger partial charge in [0.15, 0.2) is 0 Å². The molecule has 0 rings (SSSR count). The molecule has 0 aromatic rings. The van der Waals surface area contributed by atoms with E-state index >= 15 is 0 Å². The van der Waals surface area contributed by atoms with Gasteiger partial charge in [0.1, 0.15) is 6.10 Å². The molecule has 1 atom stereocenters. The first-order valence-corrected chi connectivity index (χ1v) is 14.0. The minimum Gasteiger partial charge on any atom is -0.472 e. The van der Waals surface area contributed by atoms with Crippen molar-refractivity contribution >= 4 is 5.97 Å². The molecule has 0 aliphatic carbocycles. The fourth-order valence-electron chi connectivity index (χ4n) is 3.74. The Bertz CT molecular complexity index is 774. The monoisotopic (exact) mass is 492 g/mol. The lowest BCUT2D eigenvalue weighted by Gasteiger charge is -2.01. The molecule has 0 aromatic heterocycles. The maximum Gasteiger partial charge on any atom is 0.382 e. The molecule has 198 valence electrons. The number of carboxylic acids is 1. The molecule has 0 radical (unpaired) electrons. The van der Waals surface area contributed by atoms with E-state index in [-0.39, 0.29) is 0 Å². The van der Waals surface area contributed by atoms with Crippen LogP contribution in [0.4, 0.5) is 0 Å². The molecule has 0 aliphatic rings. The van der Waals surface area contributed by atoms with E-state index in [4.69, 9.17) is 11.5 Å². The highest BCUT2D eigenvalue weighted by Crippen LogP contribution is 2.12. The predicted molar refractivity (Wildman–Crippen MR) is 153 cm³/mol. The number of aliphatic carboxylic acids is 1. The summed E-state index contributed by atoms with van der Waals surface area (Å²) in [5.74, 6) is 12.2. The Kier molecular flexibility index (Phi) is 26.4. The van der Waals surface area contributed by atoms with Crippen LogP contribution in [0, 0.1) is 36.0 Å². The quantitative estimate of drug-likeness (QED) is 0.0965. The van der Waals surface area contributed by atoms with Gasteiger partial charge in [0, 0.05) is 12.3 Å². The van der Waals surface area contributed by atoms with Crippen molar-refractivity contribution in [1.82, 2.24) is 0 Å². The maximum absolute atomic E-state index is 10.2. The second kappa shape index (κ2) is 28.6. The third kappa shape index (κ3) is 29.4. The van der Waals surface area contributed by atoms with Crippen molar-refractivity contribution in [3.8, 4) is 36.0 Å². The zero-order valence-corrected chi connectivity index (χ0v) is 22.4. The van der Waals surface area contributed by atoms with Crippen LogP contribution in [0.5, 0.6) is 0 Å². The summed E-state index contributed by atoms with van der Waals surface area (Å²) < 4.78 is 0. The lowest BCUT2D eigenvalue weighted by atomic mass is 10.0. The first-order chi connectivity index (χ1) is 17.7. The van der Waals surface area contributed by atoms with E-state index in [9.17, 15) is 9.90 Å². The van der Waals surface area contributed by atoms with E-state index in [2.05, 4.69) is 35.7 Å². The van der Waals surface area contributed by atoms with Crippen molar-refractivity contribution in [3.05, 3.63) is 36.5 Å². The van der Waals surface area contributed by atoms with Crippen molar-refractivity contribution in [1.29, 1.82) is 0 Å². The summed E-state index contributed by atoms with van der Waals surface area (Å²) in [6.45, 7) is 0. The van der Waals surface area contributed by atoms with Crippen molar-refractivity contribution in [2.45, 2.75) is 128 Å². The third-order valence-corrected chi connectivity index (χ3v) is 5.84. The molecule has 2 N–H and O–H groups in total. The van der Waals surface area contributed by atoms with Crippen LogP contribution in [0.15, 0.2) is 36.5 Å². The summed E-state index contributed by atoms with van der Waals surface area (Å²) in [4.78, 5) is 10.2. The summed E-state index contributed by atoms with van der Waals surface area (Å²) in [7, 11) is 0.